The van der Waals surface area contributed by atoms with Gasteiger partial charge in [0.2, 0.25) is 0 Å². The van der Waals surface area contributed by atoms with Gasteiger partial charge in [-0.05, 0) is 12.1 Å². The Bertz CT molecular complexity index is 224. The second-order valence-corrected chi connectivity index (χ2v) is 1.51. The van der Waals surface area contributed by atoms with Gasteiger partial charge in [0.15, 0.2) is 5.69 Å². The minimum absolute atomic E-state index is 0.102. The number of rotatable bonds is 1. The van der Waals surface area contributed by atoms with Gasteiger partial charge in [-0.25, -0.2) is 4.79 Å². The molecule has 1 aromatic rings. The molecular formula is C5H5N3O2. The van der Waals surface area contributed by atoms with Gasteiger partial charge in [0.05, 0.1) is 0 Å². The Morgan fingerprint density at radius 2 is 2.50 bits per heavy atom. The zero-order valence-corrected chi connectivity index (χ0v) is 5.02. The van der Waals surface area contributed by atoms with Crippen LogP contribution < -0.4 is 5.90 Å². The molecule has 0 saturated carbocycles. The minimum Gasteiger partial charge on any atom is -0.368 e. The van der Waals surface area contributed by atoms with Gasteiger partial charge in [0.1, 0.15) is 0 Å². The molecule has 0 aliphatic carbocycles. The Balaban J connectivity index is 2.85. The van der Waals surface area contributed by atoms with Crippen molar-refractivity contribution >= 4 is 5.97 Å². The Labute approximate surface area is 56.8 Å². The summed E-state index contributed by atoms with van der Waals surface area (Å²) >= 11 is 0. The third kappa shape index (κ3) is 1.26. The lowest BCUT2D eigenvalue weighted by atomic mass is 10.4. The van der Waals surface area contributed by atoms with E-state index in [1.807, 2.05) is 0 Å². The lowest BCUT2D eigenvalue weighted by Gasteiger charge is -1.92. The molecule has 10 heavy (non-hydrogen) atoms. The van der Waals surface area contributed by atoms with Crippen LogP contribution >= 0.6 is 0 Å². The van der Waals surface area contributed by atoms with Crippen molar-refractivity contribution < 1.29 is 9.63 Å². The highest BCUT2D eigenvalue weighted by Gasteiger charge is 2.05. The largest absolute Gasteiger partial charge is 0.377 e. The third-order valence-electron chi connectivity index (χ3n) is 0.888. The number of nitrogens with zero attached hydrogens (tertiary/aromatic N) is 2. The lowest BCUT2D eigenvalue weighted by molar-refractivity contribution is 0.0495. The number of carbonyl (C=O) groups is 1. The second kappa shape index (κ2) is 2.88. The van der Waals surface area contributed by atoms with Gasteiger partial charge in [-0.3, -0.25) is 0 Å². The maximum absolute atomic E-state index is 10.6. The van der Waals surface area contributed by atoms with E-state index in [4.69, 9.17) is 0 Å². The molecule has 1 aromatic heterocycles. The van der Waals surface area contributed by atoms with Crippen LogP contribution in [0.3, 0.4) is 0 Å². The average Bonchev–Trinajstić information content (AvgIpc) is 2.05. The molecule has 1 rings (SSSR count). The molecule has 2 N–H and O–H groups in total. The van der Waals surface area contributed by atoms with Crippen LogP contribution in [0.5, 0.6) is 0 Å². The Kier molecular flexibility index (Phi) is 1.91. The molecule has 0 atom stereocenters. The van der Waals surface area contributed by atoms with Crippen molar-refractivity contribution in [1.82, 2.24) is 10.2 Å². The predicted octanol–water partition coefficient (Wildman–Crippen LogP) is -0.493. The molecule has 52 valence electrons. The van der Waals surface area contributed by atoms with Crippen LogP contribution in [0.4, 0.5) is 0 Å². The summed E-state index contributed by atoms with van der Waals surface area (Å²) in [6, 6.07) is 3.03. The molecule has 0 unspecified atom stereocenters. The number of hydrogen-bond acceptors (Lipinski definition) is 5. The third-order valence-corrected chi connectivity index (χ3v) is 0.888. The van der Waals surface area contributed by atoms with Crippen LogP contribution in [-0.4, -0.2) is 16.2 Å². The van der Waals surface area contributed by atoms with Crippen molar-refractivity contribution in [1.29, 1.82) is 0 Å². The van der Waals surface area contributed by atoms with E-state index in [1.165, 1.54) is 12.3 Å². The second-order valence-electron chi connectivity index (χ2n) is 1.51. The van der Waals surface area contributed by atoms with Crippen molar-refractivity contribution in [2.24, 2.45) is 5.90 Å². The minimum atomic E-state index is -0.687. The van der Waals surface area contributed by atoms with E-state index in [0.717, 1.165) is 0 Å². The first kappa shape index (κ1) is 6.63. The SMILES string of the molecule is NOC(=O)c1cccnn1. The van der Waals surface area contributed by atoms with Crippen LogP contribution in [0, 0.1) is 0 Å². The lowest BCUT2D eigenvalue weighted by Crippen LogP contribution is -2.11. The van der Waals surface area contributed by atoms with Crippen molar-refractivity contribution in [3.63, 3.8) is 0 Å². The number of nitrogens with two attached hydrogens (primary N) is 1. The van der Waals surface area contributed by atoms with Crippen LogP contribution in [0.1, 0.15) is 10.5 Å². The van der Waals surface area contributed by atoms with E-state index in [9.17, 15) is 4.79 Å². The van der Waals surface area contributed by atoms with Crippen molar-refractivity contribution in [2.75, 3.05) is 0 Å². The van der Waals surface area contributed by atoms with E-state index in [0.29, 0.717) is 0 Å². The molecule has 0 bridgehead atoms. The molecule has 0 amide bonds. The maximum atomic E-state index is 10.6. The van der Waals surface area contributed by atoms with Gasteiger partial charge >= 0.3 is 5.97 Å². The molecule has 5 heteroatoms. The standard InChI is InChI=1S/C5H5N3O2/c6-10-5(9)4-2-1-3-7-8-4/h1-3H,6H2. The van der Waals surface area contributed by atoms with Gasteiger partial charge in [-0.2, -0.15) is 11.0 Å². The van der Waals surface area contributed by atoms with Crippen molar-refractivity contribution in [3.8, 4) is 0 Å². The van der Waals surface area contributed by atoms with Crippen molar-refractivity contribution in [2.45, 2.75) is 0 Å². The summed E-state index contributed by atoms with van der Waals surface area (Å²) in [5.41, 5.74) is 0.102. The summed E-state index contributed by atoms with van der Waals surface area (Å²) in [5.74, 6) is 3.90. The fourth-order valence-corrected chi connectivity index (χ4v) is 0.471. The van der Waals surface area contributed by atoms with Gasteiger partial charge in [0.25, 0.3) is 0 Å². The highest BCUT2D eigenvalue weighted by molar-refractivity contribution is 5.86. The summed E-state index contributed by atoms with van der Waals surface area (Å²) in [7, 11) is 0. The van der Waals surface area contributed by atoms with Gasteiger partial charge in [0, 0.05) is 6.20 Å². The highest BCUT2D eigenvalue weighted by atomic mass is 16.7. The van der Waals surface area contributed by atoms with Crippen LogP contribution in [0.15, 0.2) is 18.3 Å². The van der Waals surface area contributed by atoms with E-state index in [1.54, 1.807) is 6.07 Å². The first-order valence-corrected chi connectivity index (χ1v) is 2.53. The van der Waals surface area contributed by atoms with E-state index in [-0.39, 0.29) is 5.69 Å². The quantitative estimate of drug-likeness (QED) is 0.531. The number of carbonyl (C=O) groups excluding carboxylic acids is 1. The molecule has 0 radical (unpaired) electrons. The van der Waals surface area contributed by atoms with E-state index < -0.39 is 5.97 Å². The fourth-order valence-electron chi connectivity index (χ4n) is 0.471. The van der Waals surface area contributed by atoms with Gasteiger partial charge in [-0.1, -0.05) is 0 Å². The fraction of sp³-hybridized carbons (Fsp3) is 0. The molecule has 0 aromatic carbocycles. The molecule has 0 spiro atoms. The number of aromatic nitrogens is 2. The van der Waals surface area contributed by atoms with Gasteiger partial charge in [-0.15, -0.1) is 5.10 Å². The molecule has 0 saturated heterocycles. The summed E-state index contributed by atoms with van der Waals surface area (Å²) in [5, 5.41) is 6.89. The van der Waals surface area contributed by atoms with Gasteiger partial charge < -0.3 is 4.84 Å². The topological polar surface area (TPSA) is 78.1 Å². The first-order chi connectivity index (χ1) is 4.84. The maximum Gasteiger partial charge on any atom is 0.377 e. The zero-order chi connectivity index (χ0) is 7.40. The molecule has 0 fully saturated rings. The smallest absolute Gasteiger partial charge is 0.368 e. The monoisotopic (exact) mass is 139 g/mol. The highest BCUT2D eigenvalue weighted by Crippen LogP contribution is 1.90. The summed E-state index contributed by atoms with van der Waals surface area (Å²) in [4.78, 5) is 14.5. The summed E-state index contributed by atoms with van der Waals surface area (Å²) < 4.78 is 0. The molecule has 0 aliphatic rings. The van der Waals surface area contributed by atoms with Crippen molar-refractivity contribution in [3.05, 3.63) is 24.0 Å². The van der Waals surface area contributed by atoms with E-state index in [2.05, 4.69) is 20.9 Å². The normalized spacial score (nSPS) is 8.90. The molecular weight excluding hydrogens is 134 g/mol. The first-order valence-electron chi connectivity index (χ1n) is 2.53. The Morgan fingerprint density at radius 3 is 3.00 bits per heavy atom. The molecule has 0 aliphatic heterocycles. The summed E-state index contributed by atoms with van der Waals surface area (Å²) in [6.07, 6.45) is 1.45. The molecule has 5 nitrogen and oxygen atoms in total. The van der Waals surface area contributed by atoms with Crippen LogP contribution in [-0.2, 0) is 4.84 Å². The number of hydrogen-bond donors (Lipinski definition) is 1. The Hall–Kier alpha value is -1.49. The average molecular weight is 139 g/mol. The van der Waals surface area contributed by atoms with E-state index >= 15 is 0 Å². The van der Waals surface area contributed by atoms with Crippen LogP contribution in [0.2, 0.25) is 0 Å². The summed E-state index contributed by atoms with van der Waals surface area (Å²) in [6.45, 7) is 0. The van der Waals surface area contributed by atoms with Crippen LogP contribution in [0.25, 0.3) is 0 Å². The zero-order valence-electron chi connectivity index (χ0n) is 5.02. The predicted molar refractivity (Wildman–Crippen MR) is 31.6 cm³/mol. The molecule has 1 heterocycles. The Morgan fingerprint density at radius 1 is 1.70 bits per heavy atom.